The summed E-state index contributed by atoms with van der Waals surface area (Å²) in [6.45, 7) is 5.81. The Balaban J connectivity index is 1.43. The van der Waals surface area contributed by atoms with Crippen molar-refractivity contribution in [2.75, 3.05) is 5.32 Å². The monoisotopic (exact) mass is 492 g/mol. The Hall–Kier alpha value is -4.30. The van der Waals surface area contributed by atoms with Crippen LogP contribution in [-0.2, 0) is 0 Å². The number of nitrogens with zero attached hydrogens (tertiary/aromatic N) is 3. The summed E-state index contributed by atoms with van der Waals surface area (Å²) in [5, 5.41) is 13.2. The Bertz CT molecular complexity index is 1740. The summed E-state index contributed by atoms with van der Waals surface area (Å²) in [4.78, 5) is 26.0. The van der Waals surface area contributed by atoms with Crippen molar-refractivity contribution in [3.8, 4) is 33.0 Å². The molecule has 7 nitrogen and oxygen atoms in total. The molecule has 0 unspecified atom stereocenters. The van der Waals surface area contributed by atoms with Gasteiger partial charge in [-0.1, -0.05) is 6.07 Å². The van der Waals surface area contributed by atoms with Crippen LogP contribution in [0.4, 0.5) is 5.69 Å². The lowest BCUT2D eigenvalue weighted by Gasteiger charge is -2.11. The molecule has 0 amide bonds. The van der Waals surface area contributed by atoms with Gasteiger partial charge in [-0.05, 0) is 68.8 Å². The highest BCUT2D eigenvalue weighted by Gasteiger charge is 2.16. The van der Waals surface area contributed by atoms with Crippen molar-refractivity contribution in [2.45, 2.75) is 26.8 Å². The van der Waals surface area contributed by atoms with Gasteiger partial charge in [0.15, 0.2) is 5.78 Å². The molecule has 5 heterocycles. The molecule has 3 N–H and O–H groups in total. The van der Waals surface area contributed by atoms with Crippen LogP contribution in [0.25, 0.3) is 54.9 Å². The summed E-state index contributed by atoms with van der Waals surface area (Å²) in [5.74, 6) is 0.0748. The van der Waals surface area contributed by atoms with E-state index in [0.29, 0.717) is 6.04 Å². The molecule has 36 heavy (non-hydrogen) atoms. The van der Waals surface area contributed by atoms with E-state index in [1.807, 2.05) is 36.7 Å². The minimum Gasteiger partial charge on any atom is -0.382 e. The van der Waals surface area contributed by atoms with Crippen LogP contribution in [0.1, 0.15) is 30.4 Å². The first kappa shape index (κ1) is 22.2. The number of H-pyrrole nitrogens is 2. The standard InChI is InChI=1S/C28H24N6OS/c1-15(2)31-19-10-18(13-29-14-19)17-4-5-23-22(11-17)27(34-33-23)24-12-21-20(8-9-30-28(21)32-24)26-7-6-25(36-26)16(3)35/h4-15,31H,1-3H3,(H,30,32)(H,33,34). The van der Waals surface area contributed by atoms with Crippen molar-refractivity contribution in [3.63, 3.8) is 0 Å². The molecule has 0 aliphatic rings. The molecule has 0 spiro atoms. The highest BCUT2D eigenvalue weighted by Crippen LogP contribution is 2.37. The van der Waals surface area contributed by atoms with Crippen molar-refractivity contribution in [2.24, 2.45) is 0 Å². The summed E-state index contributed by atoms with van der Waals surface area (Å²) in [7, 11) is 0. The van der Waals surface area contributed by atoms with Crippen LogP contribution in [0.5, 0.6) is 0 Å². The van der Waals surface area contributed by atoms with Gasteiger partial charge >= 0.3 is 0 Å². The van der Waals surface area contributed by atoms with Gasteiger partial charge < -0.3 is 10.3 Å². The van der Waals surface area contributed by atoms with Gasteiger partial charge in [0.05, 0.1) is 21.8 Å². The number of rotatable bonds is 6. The van der Waals surface area contributed by atoms with Crippen molar-refractivity contribution < 1.29 is 4.79 Å². The number of fused-ring (bicyclic) bond motifs is 2. The molecule has 0 fully saturated rings. The summed E-state index contributed by atoms with van der Waals surface area (Å²) in [5.41, 5.74) is 7.58. The highest BCUT2D eigenvalue weighted by molar-refractivity contribution is 7.17. The van der Waals surface area contributed by atoms with Crippen molar-refractivity contribution in [3.05, 3.63) is 72.0 Å². The number of Topliss-reactive ketones (excluding diaryl/α,β-unsaturated/α-hetero) is 1. The number of nitrogens with one attached hydrogen (secondary N) is 3. The average Bonchev–Trinajstić information content (AvgIpc) is 3.60. The molecule has 0 bridgehead atoms. The molecule has 6 aromatic rings. The first-order valence-electron chi connectivity index (χ1n) is 11.8. The Morgan fingerprint density at radius 3 is 2.69 bits per heavy atom. The van der Waals surface area contributed by atoms with Crippen LogP contribution in [-0.4, -0.2) is 37.0 Å². The van der Waals surface area contributed by atoms with Crippen molar-refractivity contribution in [1.82, 2.24) is 25.1 Å². The second kappa shape index (κ2) is 8.73. The lowest BCUT2D eigenvalue weighted by molar-refractivity contribution is 0.102. The second-order valence-electron chi connectivity index (χ2n) is 9.12. The number of aromatic amines is 2. The molecule has 0 saturated carbocycles. The summed E-state index contributed by atoms with van der Waals surface area (Å²) in [6, 6.07) is 16.7. The zero-order chi connectivity index (χ0) is 24.8. The average molecular weight is 493 g/mol. The predicted octanol–water partition coefficient (Wildman–Crippen LogP) is 6.92. The van der Waals surface area contributed by atoms with E-state index < -0.39 is 0 Å². The van der Waals surface area contributed by atoms with Gasteiger partial charge in [-0.2, -0.15) is 5.10 Å². The summed E-state index contributed by atoms with van der Waals surface area (Å²) < 4.78 is 0. The van der Waals surface area contributed by atoms with Crippen LogP contribution in [0.3, 0.4) is 0 Å². The fourth-order valence-corrected chi connectivity index (χ4v) is 5.39. The number of aromatic nitrogens is 5. The highest BCUT2D eigenvalue weighted by atomic mass is 32.1. The van der Waals surface area contributed by atoms with E-state index in [2.05, 4.69) is 68.6 Å². The third-order valence-electron chi connectivity index (χ3n) is 6.10. The minimum absolute atomic E-state index is 0.0748. The predicted molar refractivity (Wildman–Crippen MR) is 146 cm³/mol. The van der Waals surface area contributed by atoms with Crippen LogP contribution < -0.4 is 5.32 Å². The molecule has 178 valence electrons. The molecular formula is C28H24N6OS. The third kappa shape index (κ3) is 3.95. The van der Waals surface area contributed by atoms with Crippen LogP contribution >= 0.6 is 11.3 Å². The van der Waals surface area contributed by atoms with E-state index in [9.17, 15) is 4.79 Å². The van der Waals surface area contributed by atoms with Crippen molar-refractivity contribution in [1.29, 1.82) is 0 Å². The number of carbonyl (C=O) groups excluding carboxylic acids is 1. The Morgan fingerprint density at radius 2 is 1.89 bits per heavy atom. The Kier molecular flexibility index (Phi) is 5.38. The fourth-order valence-electron chi connectivity index (χ4n) is 4.45. The first-order chi connectivity index (χ1) is 17.5. The van der Waals surface area contributed by atoms with E-state index >= 15 is 0 Å². The smallest absolute Gasteiger partial charge is 0.169 e. The summed E-state index contributed by atoms with van der Waals surface area (Å²) in [6.07, 6.45) is 5.51. The lowest BCUT2D eigenvalue weighted by Crippen LogP contribution is -2.09. The number of carbonyl (C=O) groups is 1. The second-order valence-corrected chi connectivity index (χ2v) is 10.2. The molecule has 8 heteroatoms. The maximum Gasteiger partial charge on any atom is 0.169 e. The largest absolute Gasteiger partial charge is 0.382 e. The first-order valence-corrected chi connectivity index (χ1v) is 12.6. The molecular weight excluding hydrogens is 468 g/mol. The van der Waals surface area contributed by atoms with Gasteiger partial charge in [0, 0.05) is 51.4 Å². The fraction of sp³-hybridized carbons (Fsp3) is 0.143. The zero-order valence-corrected chi connectivity index (χ0v) is 20.9. The number of thiophene rings is 1. The molecule has 0 atom stereocenters. The maximum atomic E-state index is 11.8. The molecule has 1 aromatic carbocycles. The van der Waals surface area contributed by atoms with Crippen molar-refractivity contribution >= 4 is 44.7 Å². The van der Waals surface area contributed by atoms with E-state index in [-0.39, 0.29) is 5.78 Å². The third-order valence-corrected chi connectivity index (χ3v) is 7.31. The van der Waals surface area contributed by atoms with Gasteiger partial charge in [-0.15, -0.1) is 11.3 Å². The molecule has 6 rings (SSSR count). The van der Waals surface area contributed by atoms with Gasteiger partial charge in [0.1, 0.15) is 11.3 Å². The summed E-state index contributed by atoms with van der Waals surface area (Å²) >= 11 is 1.50. The van der Waals surface area contributed by atoms with E-state index in [4.69, 9.17) is 0 Å². The lowest BCUT2D eigenvalue weighted by atomic mass is 10.0. The van der Waals surface area contributed by atoms with Gasteiger partial charge in [-0.25, -0.2) is 4.98 Å². The number of ketones is 1. The van der Waals surface area contributed by atoms with E-state index in [1.54, 1.807) is 13.1 Å². The topological polar surface area (TPSA) is 99.4 Å². The molecule has 0 saturated heterocycles. The van der Waals surface area contributed by atoms with Gasteiger partial charge in [-0.3, -0.25) is 14.9 Å². The van der Waals surface area contributed by atoms with Crippen LogP contribution in [0.15, 0.2) is 67.1 Å². The number of pyridine rings is 2. The molecule has 5 aromatic heterocycles. The maximum absolute atomic E-state index is 11.8. The number of benzene rings is 1. The van der Waals surface area contributed by atoms with E-state index in [1.165, 1.54) is 11.3 Å². The molecule has 0 aliphatic heterocycles. The van der Waals surface area contributed by atoms with E-state index in [0.717, 1.165) is 65.5 Å². The number of hydrogen-bond donors (Lipinski definition) is 3. The SMILES string of the molecule is CC(=O)c1ccc(-c2ccnc3[nH]c(-c4n[nH]c5ccc(-c6cncc(NC(C)C)c6)cc45)cc23)s1. The van der Waals surface area contributed by atoms with Gasteiger partial charge in [0.2, 0.25) is 0 Å². The quantitative estimate of drug-likeness (QED) is 0.219. The number of hydrogen-bond acceptors (Lipinski definition) is 6. The molecule has 0 radical (unpaired) electrons. The van der Waals surface area contributed by atoms with Crippen LogP contribution in [0, 0.1) is 0 Å². The van der Waals surface area contributed by atoms with Crippen LogP contribution in [0.2, 0.25) is 0 Å². The van der Waals surface area contributed by atoms with Gasteiger partial charge in [0.25, 0.3) is 0 Å². The minimum atomic E-state index is 0.0748. The Morgan fingerprint density at radius 1 is 1.00 bits per heavy atom. The Labute approximate surface area is 211 Å². The normalized spacial score (nSPS) is 11.6. The number of anilines is 1. The zero-order valence-electron chi connectivity index (χ0n) is 20.1. The molecule has 0 aliphatic carbocycles.